The smallest absolute Gasteiger partial charge is 0.274 e. The molecule has 114 valence electrons. The van der Waals surface area contributed by atoms with E-state index in [4.69, 9.17) is 0 Å². The number of fused-ring (bicyclic) bond motifs is 1. The molecule has 2 aromatic rings. The molecule has 0 saturated heterocycles. The minimum absolute atomic E-state index is 0.0184. The predicted octanol–water partition coefficient (Wildman–Crippen LogP) is 3.44. The number of aromatic nitrogens is 2. The summed E-state index contributed by atoms with van der Waals surface area (Å²) >= 11 is 0. The molecule has 0 aliphatic heterocycles. The summed E-state index contributed by atoms with van der Waals surface area (Å²) in [4.78, 5) is 14.6. The second kappa shape index (κ2) is 5.27. The zero-order valence-corrected chi connectivity index (χ0v) is 12.9. The van der Waals surface area contributed by atoms with E-state index in [1.165, 1.54) is 24.0 Å². The van der Waals surface area contributed by atoms with Crippen LogP contribution < -0.4 is 0 Å². The van der Waals surface area contributed by atoms with Crippen molar-refractivity contribution < 1.29 is 4.79 Å². The summed E-state index contributed by atoms with van der Waals surface area (Å²) in [5.41, 5.74) is 4.33. The van der Waals surface area contributed by atoms with Crippen LogP contribution in [0.15, 0.2) is 30.3 Å². The van der Waals surface area contributed by atoms with Crippen molar-refractivity contribution in [1.29, 1.82) is 0 Å². The first-order chi connectivity index (χ1) is 10.7. The zero-order valence-electron chi connectivity index (χ0n) is 12.9. The van der Waals surface area contributed by atoms with Crippen LogP contribution in [0.4, 0.5) is 0 Å². The summed E-state index contributed by atoms with van der Waals surface area (Å²) in [6.45, 7) is 0. The Bertz CT molecular complexity index is 702. The highest BCUT2D eigenvalue weighted by atomic mass is 16.2. The summed E-state index contributed by atoms with van der Waals surface area (Å²) in [5, 5.41) is 7.26. The lowest BCUT2D eigenvalue weighted by Gasteiger charge is -2.32. The van der Waals surface area contributed by atoms with E-state index in [0.29, 0.717) is 11.6 Å². The molecular weight excluding hydrogens is 274 g/mol. The zero-order chi connectivity index (χ0) is 15.1. The number of H-pyrrole nitrogens is 1. The first-order valence-electron chi connectivity index (χ1n) is 8.14. The van der Waals surface area contributed by atoms with Gasteiger partial charge in [0.25, 0.3) is 5.91 Å². The molecule has 0 spiro atoms. The van der Waals surface area contributed by atoms with E-state index in [-0.39, 0.29) is 11.9 Å². The van der Waals surface area contributed by atoms with Crippen molar-refractivity contribution in [1.82, 2.24) is 15.1 Å². The van der Waals surface area contributed by atoms with Crippen LogP contribution in [-0.2, 0) is 6.42 Å². The molecule has 0 bridgehead atoms. The fourth-order valence-electron chi connectivity index (χ4n) is 3.50. The quantitative estimate of drug-likeness (QED) is 0.943. The van der Waals surface area contributed by atoms with E-state index < -0.39 is 0 Å². The average molecular weight is 295 g/mol. The number of aryl methyl sites for hydroxylation is 1. The topological polar surface area (TPSA) is 49.0 Å². The molecule has 1 heterocycles. The molecule has 4 nitrogen and oxygen atoms in total. The van der Waals surface area contributed by atoms with Crippen LogP contribution in [0.2, 0.25) is 0 Å². The monoisotopic (exact) mass is 295 g/mol. The lowest BCUT2D eigenvalue weighted by atomic mass is 9.87. The van der Waals surface area contributed by atoms with Crippen molar-refractivity contribution in [3.63, 3.8) is 0 Å². The van der Waals surface area contributed by atoms with Crippen molar-refractivity contribution in [3.8, 4) is 0 Å². The molecule has 2 aliphatic carbocycles. The Labute approximate surface area is 130 Å². The van der Waals surface area contributed by atoms with Gasteiger partial charge in [0.2, 0.25) is 0 Å². The van der Waals surface area contributed by atoms with Crippen LogP contribution >= 0.6 is 0 Å². The Kier molecular flexibility index (Phi) is 3.25. The number of carbonyl (C=O) groups excluding carboxylic acids is 1. The molecule has 1 N–H and O–H groups in total. The third-order valence-electron chi connectivity index (χ3n) is 4.96. The molecule has 1 unspecified atom stereocenters. The number of aromatic amines is 1. The van der Waals surface area contributed by atoms with Gasteiger partial charge in [-0.15, -0.1) is 0 Å². The first kappa shape index (κ1) is 13.6. The summed E-state index contributed by atoms with van der Waals surface area (Å²) in [6.07, 6.45) is 5.69. The van der Waals surface area contributed by atoms with Crippen molar-refractivity contribution in [2.45, 2.75) is 44.1 Å². The van der Waals surface area contributed by atoms with Crippen LogP contribution in [0.5, 0.6) is 0 Å². The van der Waals surface area contributed by atoms with Crippen LogP contribution in [-0.4, -0.2) is 28.1 Å². The van der Waals surface area contributed by atoms with Crippen LogP contribution in [0.25, 0.3) is 0 Å². The Balaban J connectivity index is 1.58. The minimum Gasteiger partial charge on any atom is -0.333 e. The third-order valence-corrected chi connectivity index (χ3v) is 4.96. The largest absolute Gasteiger partial charge is 0.333 e. The van der Waals surface area contributed by atoms with Crippen LogP contribution in [0.3, 0.4) is 0 Å². The van der Waals surface area contributed by atoms with E-state index >= 15 is 0 Å². The summed E-state index contributed by atoms with van der Waals surface area (Å²) in [6, 6.07) is 10.6. The number of carbonyl (C=O) groups is 1. The Morgan fingerprint density at radius 3 is 2.91 bits per heavy atom. The van der Waals surface area contributed by atoms with Gasteiger partial charge >= 0.3 is 0 Å². The lowest BCUT2D eigenvalue weighted by molar-refractivity contribution is 0.0709. The van der Waals surface area contributed by atoms with E-state index in [1.807, 2.05) is 18.0 Å². The molecule has 1 amide bonds. The van der Waals surface area contributed by atoms with Gasteiger partial charge in [0.1, 0.15) is 5.69 Å². The van der Waals surface area contributed by atoms with Gasteiger partial charge in [0, 0.05) is 18.7 Å². The molecule has 1 saturated carbocycles. The number of nitrogens with zero attached hydrogens (tertiary/aromatic N) is 2. The number of amides is 1. The fraction of sp³-hybridized carbons (Fsp3) is 0.444. The molecule has 4 heteroatoms. The predicted molar refractivity (Wildman–Crippen MR) is 84.8 cm³/mol. The Morgan fingerprint density at radius 1 is 1.27 bits per heavy atom. The molecule has 0 radical (unpaired) electrons. The van der Waals surface area contributed by atoms with Crippen molar-refractivity contribution in [2.24, 2.45) is 0 Å². The summed E-state index contributed by atoms with van der Waals surface area (Å²) in [5.74, 6) is 0.611. The van der Waals surface area contributed by atoms with Gasteiger partial charge in [-0.05, 0) is 49.3 Å². The van der Waals surface area contributed by atoms with Gasteiger partial charge in [-0.25, -0.2) is 0 Å². The second-order valence-electron chi connectivity index (χ2n) is 6.51. The Hall–Kier alpha value is -2.10. The van der Waals surface area contributed by atoms with Gasteiger partial charge in [0.05, 0.1) is 6.04 Å². The standard InChI is InChI=1S/C18H21N3O/c1-21(17-8-4-6-12-5-2-3-7-14(12)17)18(22)16-11-15(19-20-16)13-9-10-13/h2-3,5,7,11,13,17H,4,6,8-10H2,1H3,(H,19,20). The van der Waals surface area contributed by atoms with Crippen molar-refractivity contribution >= 4 is 5.91 Å². The minimum atomic E-state index is 0.0184. The second-order valence-corrected chi connectivity index (χ2v) is 6.51. The summed E-state index contributed by atoms with van der Waals surface area (Å²) in [7, 11) is 1.90. The fourth-order valence-corrected chi connectivity index (χ4v) is 3.50. The summed E-state index contributed by atoms with van der Waals surface area (Å²) < 4.78 is 0. The SMILES string of the molecule is CN(C(=O)c1cc(C2CC2)[nH]n1)C1CCCc2ccccc21. The highest BCUT2D eigenvalue weighted by Gasteiger charge is 2.30. The van der Waals surface area contributed by atoms with Gasteiger partial charge in [-0.3, -0.25) is 9.89 Å². The van der Waals surface area contributed by atoms with E-state index in [9.17, 15) is 4.79 Å². The van der Waals surface area contributed by atoms with Gasteiger partial charge in [0.15, 0.2) is 0 Å². The number of hydrogen-bond donors (Lipinski definition) is 1. The molecule has 1 aromatic heterocycles. The van der Waals surface area contributed by atoms with Gasteiger partial charge < -0.3 is 4.90 Å². The van der Waals surface area contributed by atoms with Gasteiger partial charge in [-0.1, -0.05) is 24.3 Å². The number of hydrogen-bond acceptors (Lipinski definition) is 2. The normalized spacial score (nSPS) is 20.5. The maximum atomic E-state index is 12.8. The molecule has 2 aliphatic rings. The molecule has 1 fully saturated rings. The molecule has 1 aromatic carbocycles. The highest BCUT2D eigenvalue weighted by Crippen LogP contribution is 2.39. The molecule has 4 rings (SSSR count). The Morgan fingerprint density at radius 2 is 2.09 bits per heavy atom. The molecule has 1 atom stereocenters. The van der Waals surface area contributed by atoms with E-state index in [1.54, 1.807) is 0 Å². The number of rotatable bonds is 3. The first-order valence-corrected chi connectivity index (χ1v) is 8.14. The third kappa shape index (κ3) is 2.32. The van der Waals surface area contributed by atoms with Crippen LogP contribution in [0, 0.1) is 0 Å². The lowest BCUT2D eigenvalue weighted by Crippen LogP contribution is -2.33. The van der Waals surface area contributed by atoms with Gasteiger partial charge in [-0.2, -0.15) is 5.10 Å². The average Bonchev–Trinajstić information content (AvgIpc) is 3.30. The molecule has 22 heavy (non-hydrogen) atoms. The maximum absolute atomic E-state index is 12.8. The maximum Gasteiger partial charge on any atom is 0.274 e. The van der Waals surface area contributed by atoms with E-state index in [0.717, 1.165) is 25.0 Å². The van der Waals surface area contributed by atoms with Crippen molar-refractivity contribution in [2.75, 3.05) is 7.05 Å². The number of nitrogens with one attached hydrogen (secondary N) is 1. The van der Waals surface area contributed by atoms with Crippen LogP contribution in [0.1, 0.15) is 65.0 Å². The van der Waals surface area contributed by atoms with Crippen molar-refractivity contribution in [3.05, 3.63) is 52.8 Å². The molecular formula is C18H21N3O. The van der Waals surface area contributed by atoms with E-state index in [2.05, 4.69) is 34.5 Å². The highest BCUT2D eigenvalue weighted by molar-refractivity contribution is 5.92. The number of benzene rings is 1.